The second-order valence-electron chi connectivity index (χ2n) is 24.5. The van der Waals surface area contributed by atoms with Crippen LogP contribution in [0.5, 0.6) is 11.5 Å². The van der Waals surface area contributed by atoms with E-state index in [1.165, 1.54) is 82.2 Å². The number of hydrogen-bond donors (Lipinski definition) is 0. The summed E-state index contributed by atoms with van der Waals surface area (Å²) in [6.45, 7) is 19.2. The number of imidazole rings is 1. The summed E-state index contributed by atoms with van der Waals surface area (Å²) in [5, 5.41) is 2.23. The number of hydrogen-bond acceptors (Lipinski definition) is 2. The quantitative estimate of drug-likeness (QED) is 0.127. The molecule has 0 saturated carbocycles. The molecular formula is C71H62N4OPt-2. The van der Waals surface area contributed by atoms with Gasteiger partial charge in [-0.15, -0.1) is 29.7 Å². The van der Waals surface area contributed by atoms with E-state index in [1.54, 1.807) is 5.56 Å². The number of benzene rings is 8. The van der Waals surface area contributed by atoms with E-state index in [1.807, 2.05) is 18.3 Å². The number of rotatable bonds is 5. The van der Waals surface area contributed by atoms with E-state index in [9.17, 15) is 0 Å². The molecule has 6 heteroatoms. The van der Waals surface area contributed by atoms with Crippen LogP contribution in [0.25, 0.3) is 94.5 Å². The van der Waals surface area contributed by atoms with Crippen molar-refractivity contribution in [2.24, 2.45) is 0 Å². The SMILES string of the molecule is CC(C)(C)c1ccnc(-n2c3[c-]c(Oc4[c-]c(-n5[c-][n+]6c7c(cccc75)-c5ccccc5-c5ccccc5-c5cccc(-c7cc8c9c(c7)C(C)(C)CCC9(C)CCCC8(C)C)c5-6)ccc4)ccc3c3ccccc32)c1.[Pt]. The minimum atomic E-state index is -0.0378. The van der Waals surface area contributed by atoms with Crippen molar-refractivity contribution in [3.63, 3.8) is 0 Å². The Morgan fingerprint density at radius 1 is 0.558 bits per heavy atom. The van der Waals surface area contributed by atoms with Crippen LogP contribution in [0.3, 0.4) is 0 Å². The first-order valence-electron chi connectivity index (χ1n) is 27.3. The molecule has 3 aliphatic rings. The summed E-state index contributed by atoms with van der Waals surface area (Å²) < 4.78 is 13.6. The Hall–Kier alpha value is -7.33. The van der Waals surface area contributed by atoms with Gasteiger partial charge in [0, 0.05) is 44.3 Å². The van der Waals surface area contributed by atoms with Crippen molar-refractivity contribution in [1.82, 2.24) is 14.1 Å². The van der Waals surface area contributed by atoms with E-state index in [0.29, 0.717) is 11.5 Å². The average Bonchev–Trinajstić information content (AvgIpc) is 3.96. The Labute approximate surface area is 467 Å². The molecule has 77 heavy (non-hydrogen) atoms. The summed E-state index contributed by atoms with van der Waals surface area (Å²) in [4.78, 5) is 4.91. The monoisotopic (exact) mass is 1180 g/mol. The van der Waals surface area contributed by atoms with Gasteiger partial charge < -0.3 is 13.9 Å². The van der Waals surface area contributed by atoms with Crippen molar-refractivity contribution < 1.29 is 30.4 Å². The molecular weight excluding hydrogens is 1120 g/mol. The zero-order chi connectivity index (χ0) is 51.9. The molecule has 3 aromatic heterocycles. The van der Waals surface area contributed by atoms with Gasteiger partial charge in [-0.05, 0) is 143 Å². The second-order valence-corrected chi connectivity index (χ2v) is 24.5. The molecule has 14 rings (SSSR count). The van der Waals surface area contributed by atoms with Gasteiger partial charge >= 0.3 is 0 Å². The topological polar surface area (TPSA) is 35.9 Å². The Morgan fingerprint density at radius 2 is 1.17 bits per heavy atom. The number of ether oxygens (including phenoxy) is 1. The van der Waals surface area contributed by atoms with Gasteiger partial charge in [-0.2, -0.15) is 18.2 Å². The van der Waals surface area contributed by atoms with Gasteiger partial charge in [0.15, 0.2) is 0 Å². The molecule has 0 bridgehead atoms. The van der Waals surface area contributed by atoms with Gasteiger partial charge in [0.1, 0.15) is 5.82 Å². The molecule has 0 fully saturated rings. The molecule has 0 radical (unpaired) electrons. The maximum Gasteiger partial charge on any atom is 0.268 e. The predicted molar refractivity (Wildman–Crippen MR) is 310 cm³/mol. The zero-order valence-corrected chi connectivity index (χ0v) is 47.5. The summed E-state index contributed by atoms with van der Waals surface area (Å²) in [6.07, 6.45) is 12.0. The smallest absolute Gasteiger partial charge is 0.268 e. The van der Waals surface area contributed by atoms with Gasteiger partial charge in [-0.1, -0.05) is 183 Å². The Kier molecular flexibility index (Phi) is 11.4. The third-order valence-electron chi connectivity index (χ3n) is 17.6. The number of para-hydroxylation sites is 3. The summed E-state index contributed by atoms with van der Waals surface area (Å²) in [5.41, 5.74) is 21.6. The van der Waals surface area contributed by atoms with Crippen molar-refractivity contribution in [2.75, 3.05) is 0 Å². The van der Waals surface area contributed by atoms with Gasteiger partial charge in [0.05, 0.1) is 16.7 Å². The number of nitrogens with zero attached hydrogens (tertiary/aromatic N) is 4. The Balaban J connectivity index is 0.00000566. The van der Waals surface area contributed by atoms with Gasteiger partial charge in [-0.25, -0.2) is 4.98 Å². The van der Waals surface area contributed by atoms with Crippen LogP contribution in [0.1, 0.15) is 110 Å². The van der Waals surface area contributed by atoms with E-state index in [-0.39, 0.29) is 42.7 Å². The molecule has 5 nitrogen and oxygen atoms in total. The van der Waals surface area contributed by atoms with Crippen LogP contribution >= 0.6 is 0 Å². The van der Waals surface area contributed by atoms with Crippen LogP contribution in [-0.4, -0.2) is 14.1 Å². The third kappa shape index (κ3) is 7.81. The molecule has 11 aromatic rings. The van der Waals surface area contributed by atoms with Gasteiger partial charge in [-0.3, -0.25) is 4.57 Å². The molecule has 384 valence electrons. The van der Waals surface area contributed by atoms with Crippen LogP contribution in [-0.2, 0) is 42.7 Å². The molecule has 0 spiro atoms. The number of fused-ring (bicyclic) bond motifs is 10. The molecule has 4 heterocycles. The molecule has 1 unspecified atom stereocenters. The first-order chi connectivity index (χ1) is 36.6. The fourth-order valence-electron chi connectivity index (χ4n) is 13.4. The van der Waals surface area contributed by atoms with Gasteiger partial charge in [0.2, 0.25) is 0 Å². The maximum atomic E-state index is 6.82. The van der Waals surface area contributed by atoms with Crippen molar-refractivity contribution in [1.29, 1.82) is 0 Å². The van der Waals surface area contributed by atoms with Crippen molar-refractivity contribution in [2.45, 2.75) is 109 Å². The summed E-state index contributed by atoms with van der Waals surface area (Å²) in [5.74, 6) is 2.03. The predicted octanol–water partition coefficient (Wildman–Crippen LogP) is 17.7. The molecule has 0 amide bonds. The summed E-state index contributed by atoms with van der Waals surface area (Å²) in [6, 6.07) is 67.2. The van der Waals surface area contributed by atoms with Crippen LogP contribution in [0.4, 0.5) is 0 Å². The minimum absolute atomic E-state index is 0. The van der Waals surface area contributed by atoms with E-state index in [2.05, 4.69) is 239 Å². The molecule has 1 aliphatic heterocycles. The van der Waals surface area contributed by atoms with E-state index in [0.717, 1.165) is 61.2 Å². The maximum absolute atomic E-state index is 6.82. The molecule has 8 aromatic carbocycles. The van der Waals surface area contributed by atoms with E-state index in [4.69, 9.17) is 9.72 Å². The average molecular weight is 1180 g/mol. The van der Waals surface area contributed by atoms with Gasteiger partial charge in [0.25, 0.3) is 6.33 Å². The van der Waals surface area contributed by atoms with Crippen LogP contribution in [0.15, 0.2) is 170 Å². The first-order valence-corrected chi connectivity index (χ1v) is 27.3. The molecule has 0 saturated heterocycles. The summed E-state index contributed by atoms with van der Waals surface area (Å²) >= 11 is 0. The Bertz CT molecular complexity index is 4200. The minimum Gasteiger partial charge on any atom is -0.510 e. The third-order valence-corrected chi connectivity index (χ3v) is 17.6. The molecule has 0 N–H and O–H groups in total. The standard InChI is InChI=1S/C71H62N4O.Pt/c1-68(2,3)46-33-38-72-64(41-46)75-61-29-14-13-25-55(61)56-32-31-49(43-63(56)75)76-48-20-15-19-47(42-48)73-44-74-66-50(45-39-59-65-60(40-45)70(6,7)36-37-71(65,8)35-18-34-69(59,4)5)26-16-27-57(66)53-23-11-9-21-51(53)52-22-10-12-24-54(52)58-28-17-30-62(73)67(58)74;/h9-17,19-33,38-41H,18,34-37H2,1-8H3;/q-2;. The fraction of sp³-hybridized carbons (Fsp3) is 0.239. The zero-order valence-electron chi connectivity index (χ0n) is 45.2. The van der Waals surface area contributed by atoms with Crippen molar-refractivity contribution in [3.8, 4) is 73.2 Å². The molecule has 2 aliphatic carbocycles. The normalized spacial score (nSPS) is 17.0. The van der Waals surface area contributed by atoms with Crippen molar-refractivity contribution >= 4 is 32.8 Å². The van der Waals surface area contributed by atoms with Crippen LogP contribution < -0.4 is 9.30 Å². The molecule has 1 atom stereocenters. The van der Waals surface area contributed by atoms with Crippen molar-refractivity contribution in [3.05, 3.63) is 211 Å². The fourth-order valence-corrected chi connectivity index (χ4v) is 13.4. The Morgan fingerprint density at radius 3 is 1.92 bits per heavy atom. The largest absolute Gasteiger partial charge is 0.510 e. The number of pyridine rings is 1. The van der Waals surface area contributed by atoms with Crippen LogP contribution in [0, 0.1) is 18.5 Å². The summed E-state index contributed by atoms with van der Waals surface area (Å²) in [7, 11) is 0. The first kappa shape index (κ1) is 49.3. The van der Waals surface area contributed by atoms with E-state index >= 15 is 0 Å². The van der Waals surface area contributed by atoms with Crippen LogP contribution in [0.2, 0.25) is 0 Å². The number of aromatic nitrogens is 4. The second kappa shape index (κ2) is 17.9. The van der Waals surface area contributed by atoms with E-state index < -0.39 is 0 Å².